The van der Waals surface area contributed by atoms with E-state index in [1.807, 2.05) is 0 Å². The fourth-order valence-electron chi connectivity index (χ4n) is 0.327. The average molecular weight is 274 g/mol. The summed E-state index contributed by atoms with van der Waals surface area (Å²) in [6.45, 7) is 3.38. The van der Waals surface area contributed by atoms with E-state index in [9.17, 15) is 4.79 Å². The van der Waals surface area contributed by atoms with Crippen molar-refractivity contribution in [2.75, 3.05) is 5.33 Å². The molecule has 0 aromatic heterocycles. The SMILES string of the molecule is CC(C)(C(=O)O)C(Br)CBr. The summed E-state index contributed by atoms with van der Waals surface area (Å²) in [7, 11) is 0. The molecule has 0 heterocycles. The van der Waals surface area contributed by atoms with Crippen LogP contribution >= 0.6 is 31.9 Å². The maximum Gasteiger partial charge on any atom is 0.310 e. The van der Waals surface area contributed by atoms with Crippen molar-refractivity contribution in [1.29, 1.82) is 0 Å². The minimum Gasteiger partial charge on any atom is -0.481 e. The number of carboxylic acids is 1. The summed E-state index contributed by atoms with van der Waals surface area (Å²) >= 11 is 6.48. The van der Waals surface area contributed by atoms with Crippen LogP contribution in [0.15, 0.2) is 0 Å². The molecule has 0 aliphatic rings. The first-order chi connectivity index (χ1) is 4.42. The van der Waals surface area contributed by atoms with E-state index in [4.69, 9.17) is 5.11 Å². The number of hydrogen-bond donors (Lipinski definition) is 1. The van der Waals surface area contributed by atoms with Crippen molar-refractivity contribution in [1.82, 2.24) is 0 Å². The highest BCUT2D eigenvalue weighted by molar-refractivity contribution is 9.12. The molecule has 1 atom stereocenters. The van der Waals surface area contributed by atoms with Crippen molar-refractivity contribution in [3.05, 3.63) is 0 Å². The highest BCUT2D eigenvalue weighted by Crippen LogP contribution is 2.28. The van der Waals surface area contributed by atoms with Gasteiger partial charge in [-0.25, -0.2) is 0 Å². The van der Waals surface area contributed by atoms with Crippen LogP contribution in [0.25, 0.3) is 0 Å². The molecule has 0 aliphatic heterocycles. The fourth-order valence-corrected chi connectivity index (χ4v) is 1.33. The summed E-state index contributed by atoms with van der Waals surface area (Å²) in [5, 5.41) is 9.34. The van der Waals surface area contributed by atoms with E-state index >= 15 is 0 Å². The largest absolute Gasteiger partial charge is 0.481 e. The van der Waals surface area contributed by atoms with Crippen LogP contribution in [0.3, 0.4) is 0 Å². The molecule has 0 aromatic rings. The third-order valence-electron chi connectivity index (χ3n) is 1.47. The van der Waals surface area contributed by atoms with Gasteiger partial charge >= 0.3 is 5.97 Å². The normalized spacial score (nSPS) is 14.8. The maximum absolute atomic E-state index is 10.6. The van der Waals surface area contributed by atoms with Gasteiger partial charge in [0.05, 0.1) is 5.41 Å². The Morgan fingerprint density at radius 3 is 2.20 bits per heavy atom. The smallest absolute Gasteiger partial charge is 0.310 e. The first-order valence-corrected chi connectivity index (χ1v) is 4.90. The molecule has 0 bridgehead atoms. The first-order valence-electron chi connectivity index (χ1n) is 2.86. The fraction of sp³-hybridized carbons (Fsp3) is 0.833. The predicted molar refractivity (Wildman–Crippen MR) is 47.9 cm³/mol. The Labute approximate surface area is 77.3 Å². The number of alkyl halides is 2. The average Bonchev–Trinajstić information content (AvgIpc) is 1.86. The lowest BCUT2D eigenvalue weighted by atomic mass is 9.91. The zero-order valence-electron chi connectivity index (χ0n) is 5.90. The number of carboxylic acid groups (broad SMARTS) is 1. The Hall–Kier alpha value is 0.430. The van der Waals surface area contributed by atoms with Crippen LogP contribution in [-0.2, 0) is 4.79 Å². The van der Waals surface area contributed by atoms with Crippen molar-refractivity contribution < 1.29 is 9.90 Å². The Balaban J connectivity index is 4.23. The van der Waals surface area contributed by atoms with Crippen molar-refractivity contribution in [2.45, 2.75) is 18.7 Å². The molecule has 0 aromatic carbocycles. The summed E-state index contributed by atoms with van der Waals surface area (Å²) in [6.07, 6.45) is 0. The number of rotatable bonds is 3. The molecule has 0 saturated heterocycles. The van der Waals surface area contributed by atoms with Gasteiger partial charge in [-0.1, -0.05) is 31.9 Å². The van der Waals surface area contributed by atoms with E-state index in [0.29, 0.717) is 5.33 Å². The third kappa shape index (κ3) is 2.23. The summed E-state index contributed by atoms with van der Waals surface area (Å²) in [5.41, 5.74) is -0.705. The van der Waals surface area contributed by atoms with E-state index in [2.05, 4.69) is 31.9 Å². The van der Waals surface area contributed by atoms with Crippen molar-refractivity contribution >= 4 is 37.8 Å². The van der Waals surface area contributed by atoms with Gasteiger partial charge in [0.2, 0.25) is 0 Å². The highest BCUT2D eigenvalue weighted by Gasteiger charge is 2.34. The van der Waals surface area contributed by atoms with Gasteiger partial charge in [-0.2, -0.15) is 0 Å². The van der Waals surface area contributed by atoms with Crippen LogP contribution in [-0.4, -0.2) is 21.2 Å². The lowest BCUT2D eigenvalue weighted by Gasteiger charge is -2.23. The first kappa shape index (κ1) is 10.4. The molecule has 0 fully saturated rings. The second-order valence-electron chi connectivity index (χ2n) is 2.65. The number of hydrogen-bond acceptors (Lipinski definition) is 1. The third-order valence-corrected chi connectivity index (χ3v) is 4.45. The minimum absolute atomic E-state index is 0.0301. The standard InChI is InChI=1S/C6H10Br2O2/c1-6(2,5(9)10)4(8)3-7/h4H,3H2,1-2H3,(H,9,10). The van der Waals surface area contributed by atoms with Crippen molar-refractivity contribution in [3.8, 4) is 0 Å². The zero-order valence-corrected chi connectivity index (χ0v) is 9.07. The van der Waals surface area contributed by atoms with Crippen LogP contribution < -0.4 is 0 Å². The molecule has 0 spiro atoms. The Bertz CT molecular complexity index is 134. The van der Waals surface area contributed by atoms with E-state index < -0.39 is 11.4 Å². The maximum atomic E-state index is 10.6. The quantitative estimate of drug-likeness (QED) is 0.801. The number of carbonyl (C=O) groups is 1. The Morgan fingerprint density at radius 2 is 2.10 bits per heavy atom. The van der Waals surface area contributed by atoms with Crippen LogP contribution in [0.2, 0.25) is 0 Å². The van der Waals surface area contributed by atoms with E-state index in [-0.39, 0.29) is 4.83 Å². The van der Waals surface area contributed by atoms with Crippen LogP contribution in [0.5, 0.6) is 0 Å². The molecule has 60 valence electrons. The summed E-state index contributed by atoms with van der Waals surface area (Å²) in [6, 6.07) is 0. The predicted octanol–water partition coefficient (Wildman–Crippen LogP) is 2.26. The van der Waals surface area contributed by atoms with Crippen LogP contribution in [0, 0.1) is 5.41 Å². The van der Waals surface area contributed by atoms with Gasteiger partial charge in [0.1, 0.15) is 0 Å². The molecular formula is C6H10Br2O2. The van der Waals surface area contributed by atoms with Gasteiger partial charge in [0.15, 0.2) is 0 Å². The second kappa shape index (κ2) is 3.72. The van der Waals surface area contributed by atoms with Gasteiger partial charge in [-0.15, -0.1) is 0 Å². The summed E-state index contributed by atoms with van der Waals surface area (Å²) in [5.74, 6) is -0.783. The van der Waals surface area contributed by atoms with Gasteiger partial charge in [0.25, 0.3) is 0 Å². The van der Waals surface area contributed by atoms with Gasteiger partial charge in [-0.05, 0) is 13.8 Å². The summed E-state index contributed by atoms with van der Waals surface area (Å²) in [4.78, 5) is 10.5. The molecule has 0 rings (SSSR count). The van der Waals surface area contributed by atoms with Crippen LogP contribution in [0.1, 0.15) is 13.8 Å². The topological polar surface area (TPSA) is 37.3 Å². The lowest BCUT2D eigenvalue weighted by Crippen LogP contribution is -2.34. The molecule has 10 heavy (non-hydrogen) atoms. The molecular weight excluding hydrogens is 264 g/mol. The molecule has 0 radical (unpaired) electrons. The van der Waals surface area contributed by atoms with Crippen molar-refractivity contribution in [3.63, 3.8) is 0 Å². The molecule has 4 heteroatoms. The molecule has 1 N–H and O–H groups in total. The van der Waals surface area contributed by atoms with Gasteiger partial charge in [0, 0.05) is 10.2 Å². The molecule has 1 unspecified atom stereocenters. The number of aliphatic carboxylic acids is 1. The minimum atomic E-state index is -0.783. The van der Waals surface area contributed by atoms with E-state index in [0.717, 1.165) is 0 Å². The van der Waals surface area contributed by atoms with E-state index in [1.165, 1.54) is 0 Å². The lowest BCUT2D eigenvalue weighted by molar-refractivity contribution is -0.146. The van der Waals surface area contributed by atoms with Crippen LogP contribution in [0.4, 0.5) is 0 Å². The number of halogens is 2. The molecule has 0 saturated carbocycles. The van der Waals surface area contributed by atoms with Crippen molar-refractivity contribution in [2.24, 2.45) is 5.41 Å². The zero-order chi connectivity index (χ0) is 8.36. The Morgan fingerprint density at radius 1 is 1.70 bits per heavy atom. The van der Waals surface area contributed by atoms with Gasteiger partial charge < -0.3 is 5.11 Å². The van der Waals surface area contributed by atoms with E-state index in [1.54, 1.807) is 13.8 Å². The highest BCUT2D eigenvalue weighted by atomic mass is 79.9. The molecule has 2 nitrogen and oxygen atoms in total. The molecule has 0 amide bonds. The Kier molecular flexibility index (Phi) is 3.88. The monoisotopic (exact) mass is 272 g/mol. The second-order valence-corrected chi connectivity index (χ2v) is 4.40. The van der Waals surface area contributed by atoms with Gasteiger partial charge in [-0.3, -0.25) is 4.79 Å². The summed E-state index contributed by atoms with van der Waals surface area (Å²) < 4.78 is 0. The molecule has 0 aliphatic carbocycles.